The molecule has 0 aliphatic carbocycles. The van der Waals surface area contributed by atoms with E-state index in [4.69, 9.17) is 4.74 Å². The van der Waals surface area contributed by atoms with Crippen molar-refractivity contribution in [2.45, 2.75) is 24.3 Å². The summed E-state index contributed by atoms with van der Waals surface area (Å²) in [6.45, 7) is 3.61. The Bertz CT molecular complexity index is 1260. The molecule has 11 heteroatoms. The first-order valence-corrected chi connectivity index (χ1v) is 12.0. The second-order valence-corrected chi connectivity index (χ2v) is 9.65. The van der Waals surface area contributed by atoms with E-state index in [1.54, 1.807) is 29.6 Å². The quantitative estimate of drug-likeness (QED) is 0.533. The number of nitrogens with zero attached hydrogens (tertiary/aromatic N) is 2. The first-order valence-electron chi connectivity index (χ1n) is 9.68. The van der Waals surface area contributed by atoms with Gasteiger partial charge in [0.1, 0.15) is 5.75 Å². The third kappa shape index (κ3) is 3.92. The second kappa shape index (κ2) is 8.24. The Labute approximate surface area is 189 Å². The molecule has 166 valence electrons. The van der Waals surface area contributed by atoms with Gasteiger partial charge in [-0.3, -0.25) is 14.3 Å². The smallest absolute Gasteiger partial charge is 0.280 e. The molecule has 2 aromatic carbocycles. The number of amides is 2. The molecular formula is C21H20N4O5S2. The van der Waals surface area contributed by atoms with E-state index in [9.17, 15) is 18.0 Å². The number of ether oxygens (including phenoxy) is 1. The van der Waals surface area contributed by atoms with Crippen molar-refractivity contribution in [1.29, 1.82) is 0 Å². The number of para-hydroxylation sites is 2. The number of nitrogens with one attached hydrogen (secondary N) is 2. The van der Waals surface area contributed by atoms with Crippen LogP contribution in [0.25, 0.3) is 0 Å². The van der Waals surface area contributed by atoms with Crippen molar-refractivity contribution in [3.63, 3.8) is 0 Å². The number of thiazole rings is 1. The van der Waals surface area contributed by atoms with Crippen LogP contribution in [-0.4, -0.2) is 37.4 Å². The van der Waals surface area contributed by atoms with Crippen molar-refractivity contribution in [3.8, 4) is 5.75 Å². The zero-order chi connectivity index (χ0) is 22.9. The van der Waals surface area contributed by atoms with Crippen molar-refractivity contribution < 1.29 is 22.7 Å². The molecular weight excluding hydrogens is 452 g/mol. The van der Waals surface area contributed by atoms with Crippen molar-refractivity contribution in [3.05, 3.63) is 60.1 Å². The van der Waals surface area contributed by atoms with Crippen LogP contribution in [0.5, 0.6) is 5.75 Å². The maximum atomic E-state index is 13.1. The van der Waals surface area contributed by atoms with E-state index in [1.165, 1.54) is 42.3 Å². The van der Waals surface area contributed by atoms with Gasteiger partial charge in [0.25, 0.3) is 27.4 Å². The number of fused-ring (bicyclic) bond motifs is 1. The zero-order valence-electron chi connectivity index (χ0n) is 17.2. The molecule has 3 aromatic rings. The van der Waals surface area contributed by atoms with Crippen molar-refractivity contribution >= 4 is 49.7 Å². The summed E-state index contributed by atoms with van der Waals surface area (Å²) in [5, 5.41) is 4.56. The molecule has 32 heavy (non-hydrogen) atoms. The highest BCUT2D eigenvalue weighted by Crippen LogP contribution is 2.38. The lowest BCUT2D eigenvalue weighted by Crippen LogP contribution is -2.60. The minimum atomic E-state index is -3.81. The lowest BCUT2D eigenvalue weighted by atomic mass is 9.99. The summed E-state index contributed by atoms with van der Waals surface area (Å²) in [5.74, 6) is -0.712. The Kier molecular flexibility index (Phi) is 5.61. The van der Waals surface area contributed by atoms with Crippen LogP contribution in [0.4, 0.5) is 16.5 Å². The molecule has 9 nitrogen and oxygen atoms in total. The van der Waals surface area contributed by atoms with Gasteiger partial charge in [-0.1, -0.05) is 12.1 Å². The molecule has 4 rings (SSSR count). The Balaban J connectivity index is 1.53. The highest BCUT2D eigenvalue weighted by molar-refractivity contribution is 7.93. The van der Waals surface area contributed by atoms with Crippen molar-refractivity contribution in [2.75, 3.05) is 21.5 Å². The molecule has 0 saturated carbocycles. The molecule has 0 bridgehead atoms. The zero-order valence-corrected chi connectivity index (χ0v) is 18.9. The van der Waals surface area contributed by atoms with E-state index in [0.717, 1.165) is 11.3 Å². The molecule has 2 heterocycles. The van der Waals surface area contributed by atoms with E-state index in [0.29, 0.717) is 23.7 Å². The average Bonchev–Trinajstić information content (AvgIpc) is 3.27. The van der Waals surface area contributed by atoms with Gasteiger partial charge in [-0.25, -0.2) is 13.4 Å². The molecule has 1 aliphatic rings. The summed E-state index contributed by atoms with van der Waals surface area (Å²) in [5.41, 5.74) is -0.850. The predicted octanol–water partition coefficient (Wildman–Crippen LogP) is 3.09. The number of carbonyl (C=O) groups is 2. The normalized spacial score (nSPS) is 17.9. The lowest BCUT2D eigenvalue weighted by Gasteiger charge is -2.39. The Hall–Kier alpha value is -3.44. The predicted molar refractivity (Wildman–Crippen MR) is 121 cm³/mol. The SMILES string of the molecule is CCN1C(=O)C(C)(C(=O)Nc2ccc(S(=O)(=O)Nc3nccs3)cc2)Oc2ccccc21. The maximum Gasteiger partial charge on any atom is 0.280 e. The largest absolute Gasteiger partial charge is 0.465 e. The van der Waals surface area contributed by atoms with Gasteiger partial charge >= 0.3 is 0 Å². The summed E-state index contributed by atoms with van der Waals surface area (Å²) in [6, 6.07) is 12.6. The molecule has 0 saturated heterocycles. The van der Waals surface area contributed by atoms with Gasteiger partial charge < -0.3 is 15.0 Å². The van der Waals surface area contributed by atoms with Crippen molar-refractivity contribution in [2.24, 2.45) is 0 Å². The molecule has 1 aromatic heterocycles. The third-order valence-corrected chi connectivity index (χ3v) is 7.12. The fourth-order valence-electron chi connectivity index (χ4n) is 3.27. The summed E-state index contributed by atoms with van der Waals surface area (Å²) < 4.78 is 33.1. The van der Waals surface area contributed by atoms with Gasteiger partial charge in [-0.05, 0) is 50.2 Å². The van der Waals surface area contributed by atoms with Crippen LogP contribution < -0.4 is 19.7 Å². The van der Waals surface area contributed by atoms with Crippen molar-refractivity contribution in [1.82, 2.24) is 4.98 Å². The van der Waals surface area contributed by atoms with Gasteiger partial charge in [-0.2, -0.15) is 0 Å². The van der Waals surface area contributed by atoms with Crippen LogP contribution in [0.15, 0.2) is 65.0 Å². The fourth-order valence-corrected chi connectivity index (χ4v) is 5.06. The van der Waals surface area contributed by atoms with E-state index in [-0.39, 0.29) is 10.0 Å². The molecule has 0 spiro atoms. The molecule has 0 fully saturated rings. The van der Waals surface area contributed by atoms with Gasteiger partial charge in [0.15, 0.2) is 5.13 Å². The van der Waals surface area contributed by atoms with Gasteiger partial charge in [-0.15, -0.1) is 11.3 Å². The first kappa shape index (κ1) is 21.8. The Morgan fingerprint density at radius 1 is 1.19 bits per heavy atom. The number of anilines is 3. The number of rotatable bonds is 6. The highest BCUT2D eigenvalue weighted by atomic mass is 32.2. The molecule has 2 amide bonds. The third-order valence-electron chi connectivity index (χ3n) is 4.95. The van der Waals surface area contributed by atoms with Crippen LogP contribution >= 0.6 is 11.3 Å². The van der Waals surface area contributed by atoms with E-state index >= 15 is 0 Å². The maximum absolute atomic E-state index is 13.1. The fraction of sp³-hybridized carbons (Fsp3) is 0.190. The molecule has 2 N–H and O–H groups in total. The highest BCUT2D eigenvalue weighted by Gasteiger charge is 2.50. The molecule has 1 unspecified atom stereocenters. The second-order valence-electron chi connectivity index (χ2n) is 7.07. The first-order chi connectivity index (χ1) is 15.2. The van der Waals surface area contributed by atoms with Gasteiger partial charge in [0, 0.05) is 23.8 Å². The van der Waals surface area contributed by atoms with Crippen LogP contribution in [0.3, 0.4) is 0 Å². The monoisotopic (exact) mass is 472 g/mol. The lowest BCUT2D eigenvalue weighted by molar-refractivity contribution is -0.145. The average molecular weight is 473 g/mol. The van der Waals surface area contributed by atoms with Crippen LogP contribution in [-0.2, 0) is 19.6 Å². The minimum Gasteiger partial charge on any atom is -0.465 e. The van der Waals surface area contributed by atoms with E-state index in [2.05, 4.69) is 15.0 Å². The Morgan fingerprint density at radius 2 is 1.91 bits per heavy atom. The Morgan fingerprint density at radius 3 is 2.56 bits per heavy atom. The molecule has 0 radical (unpaired) electrons. The number of likely N-dealkylation sites (N-methyl/N-ethyl adjacent to an activating group) is 1. The molecule has 1 aliphatic heterocycles. The number of carbonyl (C=O) groups excluding carboxylic acids is 2. The summed E-state index contributed by atoms with van der Waals surface area (Å²) in [4.78, 5) is 31.5. The minimum absolute atomic E-state index is 0.00740. The van der Waals surface area contributed by atoms with Crippen LogP contribution in [0.2, 0.25) is 0 Å². The number of sulfonamides is 1. The van der Waals surface area contributed by atoms with E-state index < -0.39 is 27.4 Å². The van der Waals surface area contributed by atoms with Gasteiger partial charge in [0.05, 0.1) is 10.6 Å². The number of hydrogen-bond acceptors (Lipinski definition) is 7. The topological polar surface area (TPSA) is 118 Å². The molecule has 1 atom stereocenters. The number of hydrogen-bond donors (Lipinski definition) is 2. The summed E-state index contributed by atoms with van der Waals surface area (Å²) >= 11 is 1.16. The summed E-state index contributed by atoms with van der Waals surface area (Å²) in [6.07, 6.45) is 1.49. The van der Waals surface area contributed by atoms with E-state index in [1.807, 2.05) is 6.92 Å². The number of benzene rings is 2. The van der Waals surface area contributed by atoms with Crippen LogP contribution in [0, 0.1) is 0 Å². The van der Waals surface area contributed by atoms with Crippen LogP contribution in [0.1, 0.15) is 13.8 Å². The summed E-state index contributed by atoms with van der Waals surface area (Å²) in [7, 11) is -3.81. The number of aromatic nitrogens is 1. The standard InChI is InChI=1S/C21H20N4O5S2/c1-3-25-16-6-4-5-7-17(16)30-21(2,19(25)27)18(26)23-14-8-10-15(11-9-14)32(28,29)24-20-22-12-13-31-20/h4-13H,3H2,1-2H3,(H,22,24)(H,23,26). The van der Waals surface area contributed by atoms with Gasteiger partial charge in [0.2, 0.25) is 0 Å².